The molecule has 1 aromatic heterocycles. The summed E-state index contributed by atoms with van der Waals surface area (Å²) in [5.74, 6) is 2.44. The van der Waals surface area contributed by atoms with Crippen LogP contribution in [-0.2, 0) is 4.79 Å². The van der Waals surface area contributed by atoms with E-state index in [0.717, 1.165) is 48.2 Å². The number of unbranched alkanes of at least 4 members (excludes halogenated alkanes) is 6. The highest BCUT2D eigenvalue weighted by Gasteiger charge is 2.27. The van der Waals surface area contributed by atoms with Gasteiger partial charge in [0.2, 0.25) is 0 Å². The molecule has 2 rings (SSSR count). The van der Waals surface area contributed by atoms with Crippen LogP contribution in [0.15, 0.2) is 28.7 Å². The van der Waals surface area contributed by atoms with Crippen molar-refractivity contribution in [2.45, 2.75) is 92.4 Å². The number of rotatable bonds is 15. The number of hydrogen-bond acceptors (Lipinski definition) is 5. The van der Waals surface area contributed by atoms with Gasteiger partial charge in [-0.25, -0.2) is 0 Å². The molecule has 3 nitrogen and oxygen atoms in total. The van der Waals surface area contributed by atoms with E-state index in [-0.39, 0.29) is 5.41 Å². The van der Waals surface area contributed by atoms with Crippen molar-refractivity contribution < 1.29 is 13.9 Å². The summed E-state index contributed by atoms with van der Waals surface area (Å²) >= 11 is 6.77. The van der Waals surface area contributed by atoms with Gasteiger partial charge in [0.05, 0.1) is 12.0 Å². The first kappa shape index (κ1) is 27.9. The summed E-state index contributed by atoms with van der Waals surface area (Å²) in [6.45, 7) is 11.4. The zero-order valence-corrected chi connectivity index (χ0v) is 22.8. The highest BCUT2D eigenvalue weighted by molar-refractivity contribution is 8.13. The monoisotopic (exact) mass is 490 g/mol. The van der Waals surface area contributed by atoms with E-state index in [4.69, 9.17) is 21.4 Å². The Kier molecular flexibility index (Phi) is 12.0. The van der Waals surface area contributed by atoms with Crippen LogP contribution in [0.25, 0.3) is 11.0 Å². The average molecular weight is 491 g/mol. The van der Waals surface area contributed by atoms with Crippen LogP contribution in [-0.4, -0.2) is 17.5 Å². The third-order valence-corrected chi connectivity index (χ3v) is 7.55. The molecule has 1 aromatic carbocycles. The Morgan fingerprint density at radius 1 is 1.06 bits per heavy atom. The van der Waals surface area contributed by atoms with Crippen molar-refractivity contribution in [3.8, 4) is 5.75 Å². The quantitative estimate of drug-likeness (QED) is 0.184. The van der Waals surface area contributed by atoms with Crippen LogP contribution >= 0.6 is 24.0 Å². The van der Waals surface area contributed by atoms with Crippen LogP contribution in [0.1, 0.15) is 91.0 Å². The summed E-state index contributed by atoms with van der Waals surface area (Å²) in [6, 6.07) is 7.87. The lowest BCUT2D eigenvalue weighted by Crippen LogP contribution is -2.22. The summed E-state index contributed by atoms with van der Waals surface area (Å²) in [5.41, 5.74) is 1.77. The summed E-state index contributed by atoms with van der Waals surface area (Å²) in [5, 5.41) is 1.35. The summed E-state index contributed by atoms with van der Waals surface area (Å²) < 4.78 is 12.1. The predicted octanol–water partition coefficient (Wildman–Crippen LogP) is 9.30. The number of aryl methyl sites for hydroxylation is 1. The summed E-state index contributed by atoms with van der Waals surface area (Å²) in [4.78, 5) is 12.5. The van der Waals surface area contributed by atoms with E-state index in [1.54, 1.807) is 11.8 Å². The number of ether oxygens (including phenoxy) is 1. The van der Waals surface area contributed by atoms with E-state index in [1.165, 1.54) is 37.7 Å². The van der Waals surface area contributed by atoms with Gasteiger partial charge in [0, 0.05) is 17.2 Å². The Hall–Kier alpha value is -1.33. The van der Waals surface area contributed by atoms with Crippen molar-refractivity contribution in [2.75, 3.05) is 12.4 Å². The van der Waals surface area contributed by atoms with E-state index in [9.17, 15) is 4.79 Å². The lowest BCUT2D eigenvalue weighted by atomic mass is 9.87. The first-order valence-electron chi connectivity index (χ1n) is 12.5. The fourth-order valence-corrected chi connectivity index (χ4v) is 4.97. The van der Waals surface area contributed by atoms with Crippen molar-refractivity contribution in [2.24, 2.45) is 11.3 Å². The molecule has 0 saturated heterocycles. The molecule has 0 radical (unpaired) electrons. The topological polar surface area (TPSA) is 39.4 Å². The average Bonchev–Trinajstić information content (AvgIpc) is 2.76. The van der Waals surface area contributed by atoms with Gasteiger partial charge in [0.15, 0.2) is 9.82 Å². The fraction of sp³-hybridized carbons (Fsp3) is 0.643. The number of hydrogen-bond donors (Lipinski definition) is 0. The van der Waals surface area contributed by atoms with E-state index in [1.807, 2.05) is 18.2 Å². The van der Waals surface area contributed by atoms with Crippen LogP contribution in [0, 0.1) is 23.0 Å². The Balaban J connectivity index is 1.53. The molecule has 0 spiro atoms. The number of thioether (sulfide) groups is 1. The van der Waals surface area contributed by atoms with Gasteiger partial charge in [-0.05, 0) is 56.5 Å². The maximum atomic E-state index is 12.5. The largest absolute Gasteiger partial charge is 0.493 e. The second kappa shape index (κ2) is 14.2. The molecule has 0 bridgehead atoms. The minimum absolute atomic E-state index is 0.191. The second-order valence-corrected chi connectivity index (χ2v) is 11.7. The molecule has 0 atom stereocenters. The molecule has 0 amide bonds. The van der Waals surface area contributed by atoms with Crippen LogP contribution in [0.2, 0.25) is 0 Å². The molecule has 5 heteroatoms. The molecule has 0 saturated carbocycles. The molecule has 0 aliphatic heterocycles. The van der Waals surface area contributed by atoms with Crippen molar-refractivity contribution in [1.29, 1.82) is 0 Å². The van der Waals surface area contributed by atoms with Gasteiger partial charge >= 0.3 is 0 Å². The minimum atomic E-state index is -0.191. The van der Waals surface area contributed by atoms with E-state index < -0.39 is 0 Å². The van der Waals surface area contributed by atoms with E-state index in [2.05, 4.69) is 40.7 Å². The summed E-state index contributed by atoms with van der Waals surface area (Å²) in [7, 11) is 0. The molecule has 1 heterocycles. The van der Waals surface area contributed by atoms with Crippen molar-refractivity contribution >= 4 is 40.1 Å². The Morgan fingerprint density at radius 2 is 1.73 bits per heavy atom. The third-order valence-electron chi connectivity index (χ3n) is 6.04. The van der Waals surface area contributed by atoms with Gasteiger partial charge < -0.3 is 9.15 Å². The number of carbonyl (C=O) groups excluding carboxylic acids is 1. The van der Waals surface area contributed by atoms with Gasteiger partial charge in [-0.2, -0.15) is 0 Å². The standard InChI is InChI=1S/C28H42O3S2/c1-21(2)15-16-28(4,5)27(29)33-18-12-10-8-6-7-9-11-17-30-25-20-26(32)31-24-14-13-22(3)19-23(24)25/h13-14,19-21H,6-12,15-18H2,1-5H3. The molecule has 184 valence electrons. The fourth-order valence-electron chi connectivity index (χ4n) is 3.75. The number of carbonyl (C=O) groups is 1. The van der Waals surface area contributed by atoms with E-state index >= 15 is 0 Å². The Bertz CT molecular complexity index is 930. The maximum absolute atomic E-state index is 12.5. The lowest BCUT2D eigenvalue weighted by Gasteiger charge is -2.23. The van der Waals surface area contributed by atoms with Gasteiger partial charge in [-0.1, -0.05) is 89.6 Å². The molecular weight excluding hydrogens is 448 g/mol. The van der Waals surface area contributed by atoms with Gasteiger partial charge in [-0.3, -0.25) is 4.79 Å². The predicted molar refractivity (Wildman–Crippen MR) is 145 cm³/mol. The number of fused-ring (bicyclic) bond motifs is 1. The van der Waals surface area contributed by atoms with E-state index in [0.29, 0.717) is 22.3 Å². The normalized spacial score (nSPS) is 11.9. The van der Waals surface area contributed by atoms with Crippen molar-refractivity contribution in [3.05, 3.63) is 34.5 Å². The number of benzene rings is 1. The molecule has 2 aromatic rings. The minimum Gasteiger partial charge on any atom is -0.493 e. The Morgan fingerprint density at radius 3 is 2.42 bits per heavy atom. The zero-order valence-electron chi connectivity index (χ0n) is 21.2. The van der Waals surface area contributed by atoms with Crippen molar-refractivity contribution in [1.82, 2.24) is 0 Å². The molecule has 0 aliphatic rings. The highest BCUT2D eigenvalue weighted by atomic mass is 32.2. The zero-order chi connectivity index (χ0) is 24.3. The van der Waals surface area contributed by atoms with Gasteiger partial charge in [0.1, 0.15) is 11.3 Å². The molecule has 0 N–H and O–H groups in total. The van der Waals surface area contributed by atoms with Crippen LogP contribution in [0.3, 0.4) is 0 Å². The van der Waals surface area contributed by atoms with Crippen LogP contribution in [0.4, 0.5) is 0 Å². The Labute approximate surface area is 210 Å². The molecule has 33 heavy (non-hydrogen) atoms. The molecule has 0 fully saturated rings. The van der Waals surface area contributed by atoms with Gasteiger partial charge in [0.25, 0.3) is 0 Å². The SMILES string of the molecule is Cc1ccc2oc(=S)cc(OCCCCCCCCCSC(=O)C(C)(C)CCC(C)C)c2c1. The smallest absolute Gasteiger partial charge is 0.194 e. The molecular formula is C28H42O3S2. The first-order chi connectivity index (χ1) is 15.7. The van der Waals surface area contributed by atoms with Crippen molar-refractivity contribution in [3.63, 3.8) is 0 Å². The molecule has 0 unspecified atom stereocenters. The lowest BCUT2D eigenvalue weighted by molar-refractivity contribution is -0.118. The second-order valence-electron chi connectivity index (χ2n) is 10.2. The summed E-state index contributed by atoms with van der Waals surface area (Å²) in [6.07, 6.45) is 10.4. The third kappa shape index (κ3) is 10.2. The maximum Gasteiger partial charge on any atom is 0.194 e. The van der Waals surface area contributed by atoms with Gasteiger partial charge in [-0.15, -0.1) is 0 Å². The molecule has 0 aliphatic carbocycles. The highest BCUT2D eigenvalue weighted by Crippen LogP contribution is 2.31. The van der Waals surface area contributed by atoms with Crippen LogP contribution in [0.5, 0.6) is 5.75 Å². The first-order valence-corrected chi connectivity index (χ1v) is 13.9. The van der Waals surface area contributed by atoms with Crippen LogP contribution < -0.4 is 4.74 Å².